The van der Waals surface area contributed by atoms with Crippen molar-refractivity contribution >= 4 is 21.7 Å². The van der Waals surface area contributed by atoms with Crippen LogP contribution in [0.1, 0.15) is 12.0 Å². The lowest BCUT2D eigenvalue weighted by Gasteiger charge is -2.10. The summed E-state index contributed by atoms with van der Waals surface area (Å²) in [6.07, 6.45) is 5.32. The van der Waals surface area contributed by atoms with Gasteiger partial charge < -0.3 is 4.74 Å². The van der Waals surface area contributed by atoms with Crippen molar-refractivity contribution in [3.05, 3.63) is 47.7 Å². The van der Waals surface area contributed by atoms with Gasteiger partial charge in [0.25, 0.3) is 0 Å². The van der Waals surface area contributed by atoms with E-state index >= 15 is 0 Å². The summed E-state index contributed by atoms with van der Waals surface area (Å²) in [5.74, 6) is 4.18. The second-order valence-corrected chi connectivity index (χ2v) is 17.7. The normalized spacial score (nSPS) is 12.9. The van der Waals surface area contributed by atoms with E-state index in [1.807, 2.05) is 12.1 Å². The molecule has 0 N–H and O–H groups in total. The van der Waals surface area contributed by atoms with Gasteiger partial charge in [-0.3, -0.25) is 0 Å². The molecule has 0 aliphatic rings. The minimum Gasteiger partial charge on any atom is -0.497 e. The molecular weight excluding hydrogens is 312 g/mol. The number of methoxy groups -OCH3 is 1. The summed E-state index contributed by atoms with van der Waals surface area (Å²) in [5, 5.41) is 0. The molecule has 0 fully saturated rings. The van der Waals surface area contributed by atoms with E-state index in [-0.39, 0.29) is 0 Å². The quantitative estimate of drug-likeness (QED) is 0.486. The highest BCUT2D eigenvalue weighted by Crippen LogP contribution is 2.22. The number of benzene rings is 1. The Morgan fingerprint density at radius 3 is 2.13 bits per heavy atom. The molecule has 0 bridgehead atoms. The lowest BCUT2D eigenvalue weighted by molar-refractivity contribution is 0.415. The molecule has 0 amide bonds. The third kappa shape index (κ3) is 8.63. The number of hydrogen-bond acceptors (Lipinski definition) is 1. The Morgan fingerprint density at radius 1 is 1.04 bits per heavy atom. The molecule has 1 rings (SSSR count). The summed E-state index contributed by atoms with van der Waals surface area (Å²) in [6, 6.07) is 8.25. The van der Waals surface area contributed by atoms with Gasteiger partial charge in [-0.15, -0.1) is 5.54 Å². The molecule has 0 aliphatic carbocycles. The molecule has 0 spiro atoms. The van der Waals surface area contributed by atoms with Crippen LogP contribution in [0.3, 0.4) is 0 Å². The van der Waals surface area contributed by atoms with Crippen molar-refractivity contribution in [3.63, 3.8) is 0 Å². The molecule has 0 heterocycles. The zero-order valence-electron chi connectivity index (χ0n) is 15.7. The van der Waals surface area contributed by atoms with Crippen LogP contribution in [-0.4, -0.2) is 23.3 Å². The lowest BCUT2D eigenvalue weighted by Crippen LogP contribution is -2.16. The van der Waals surface area contributed by atoms with Crippen molar-refractivity contribution in [1.82, 2.24) is 0 Å². The van der Waals surface area contributed by atoms with Gasteiger partial charge in [0.2, 0.25) is 0 Å². The van der Waals surface area contributed by atoms with Crippen LogP contribution in [0.2, 0.25) is 39.3 Å². The Bertz CT molecular complexity index is 615. The van der Waals surface area contributed by atoms with Crippen LogP contribution in [0.25, 0.3) is 5.57 Å². The van der Waals surface area contributed by atoms with Crippen LogP contribution in [0.4, 0.5) is 0 Å². The first-order chi connectivity index (χ1) is 10.6. The zero-order valence-corrected chi connectivity index (χ0v) is 17.7. The first kappa shape index (κ1) is 19.5. The first-order valence-corrected chi connectivity index (χ1v) is 15.2. The molecule has 1 aromatic carbocycles. The smallest absolute Gasteiger partial charge is 0.129 e. The summed E-state index contributed by atoms with van der Waals surface area (Å²) in [6.45, 7) is 13.9. The largest absolute Gasteiger partial charge is 0.497 e. The third-order valence-electron chi connectivity index (χ3n) is 3.11. The van der Waals surface area contributed by atoms with Gasteiger partial charge in [0.15, 0.2) is 0 Å². The van der Waals surface area contributed by atoms with Gasteiger partial charge in [-0.05, 0) is 35.8 Å². The van der Waals surface area contributed by atoms with Crippen LogP contribution < -0.4 is 4.74 Å². The van der Waals surface area contributed by atoms with Crippen molar-refractivity contribution in [1.29, 1.82) is 0 Å². The van der Waals surface area contributed by atoms with Crippen LogP contribution >= 0.6 is 0 Å². The highest BCUT2D eigenvalue weighted by molar-refractivity contribution is 6.83. The van der Waals surface area contributed by atoms with Crippen LogP contribution in [0.15, 0.2) is 42.1 Å². The second kappa shape index (κ2) is 8.38. The molecule has 0 saturated heterocycles. The van der Waals surface area contributed by atoms with E-state index in [1.165, 1.54) is 11.1 Å². The fourth-order valence-corrected chi connectivity index (χ4v) is 3.27. The van der Waals surface area contributed by atoms with Gasteiger partial charge in [-0.1, -0.05) is 69.1 Å². The van der Waals surface area contributed by atoms with E-state index in [0.717, 1.165) is 12.2 Å². The Balaban J connectivity index is 3.06. The van der Waals surface area contributed by atoms with Crippen molar-refractivity contribution < 1.29 is 4.74 Å². The Kier molecular flexibility index (Phi) is 7.12. The Hall–Kier alpha value is -1.51. The van der Waals surface area contributed by atoms with Gasteiger partial charge >= 0.3 is 0 Å². The summed E-state index contributed by atoms with van der Waals surface area (Å²) in [4.78, 5) is 0. The monoisotopic (exact) mass is 342 g/mol. The maximum Gasteiger partial charge on any atom is 0.129 e. The van der Waals surface area contributed by atoms with E-state index in [2.05, 4.69) is 80.7 Å². The fourth-order valence-electron chi connectivity index (χ4n) is 1.94. The maximum absolute atomic E-state index is 5.25. The lowest BCUT2D eigenvalue weighted by atomic mass is 10.0. The molecule has 0 unspecified atom stereocenters. The van der Waals surface area contributed by atoms with E-state index in [1.54, 1.807) is 7.11 Å². The number of allylic oxidation sites excluding steroid dienone is 3. The average Bonchev–Trinajstić information content (AvgIpc) is 2.43. The highest BCUT2D eigenvalue weighted by Gasteiger charge is 2.08. The number of rotatable bonds is 5. The zero-order chi connectivity index (χ0) is 17.5. The standard InChI is InChI=1S/C20H30OSi2/c1-21-20-14-12-19(13-15-20)18(10-8-16-22(2,3)4)11-9-17-23(5,6)7/h8,11-16H,10H2,1-7H3/b16-8+,18-11-. The molecule has 0 aliphatic heterocycles. The molecule has 0 radical (unpaired) electrons. The molecule has 3 heteroatoms. The van der Waals surface area contributed by atoms with E-state index in [0.29, 0.717) is 0 Å². The molecule has 0 saturated carbocycles. The SMILES string of the molecule is COc1ccc(/C(=C\C#C[Si](C)(C)C)C/C=C/[Si](C)(C)C)cc1. The Labute approximate surface area is 144 Å². The third-order valence-corrected chi connectivity index (χ3v) is 5.24. The molecule has 23 heavy (non-hydrogen) atoms. The first-order valence-electron chi connectivity index (χ1n) is 8.14. The molecule has 0 aromatic heterocycles. The minimum absolute atomic E-state index is 0.888. The van der Waals surface area contributed by atoms with Gasteiger partial charge in [0.05, 0.1) is 15.2 Å². The van der Waals surface area contributed by atoms with Gasteiger partial charge in [-0.2, -0.15) is 0 Å². The summed E-state index contributed by atoms with van der Waals surface area (Å²) >= 11 is 0. The van der Waals surface area contributed by atoms with Crippen molar-refractivity contribution in [2.45, 2.75) is 45.7 Å². The molecule has 1 aromatic rings. The van der Waals surface area contributed by atoms with Crippen LogP contribution in [0, 0.1) is 11.5 Å². The molecule has 124 valence electrons. The van der Waals surface area contributed by atoms with Gasteiger partial charge in [0.1, 0.15) is 13.8 Å². The van der Waals surface area contributed by atoms with E-state index in [9.17, 15) is 0 Å². The summed E-state index contributed by atoms with van der Waals surface area (Å²) in [7, 11) is -0.799. The van der Waals surface area contributed by atoms with Crippen molar-refractivity contribution in [3.8, 4) is 17.2 Å². The predicted octanol–water partition coefficient (Wildman–Crippen LogP) is 5.78. The number of hydrogen-bond donors (Lipinski definition) is 0. The highest BCUT2D eigenvalue weighted by atomic mass is 28.3. The van der Waals surface area contributed by atoms with E-state index < -0.39 is 16.1 Å². The average molecular weight is 343 g/mol. The Morgan fingerprint density at radius 2 is 1.65 bits per heavy atom. The van der Waals surface area contributed by atoms with Crippen molar-refractivity contribution in [2.75, 3.05) is 7.11 Å². The van der Waals surface area contributed by atoms with Gasteiger partial charge in [0, 0.05) is 0 Å². The van der Waals surface area contributed by atoms with Gasteiger partial charge in [-0.25, -0.2) is 0 Å². The number of ether oxygens (including phenoxy) is 1. The second-order valence-electron chi connectivity index (χ2n) is 7.89. The van der Waals surface area contributed by atoms with Crippen molar-refractivity contribution in [2.24, 2.45) is 0 Å². The maximum atomic E-state index is 5.25. The van der Waals surface area contributed by atoms with E-state index in [4.69, 9.17) is 4.74 Å². The summed E-state index contributed by atoms with van der Waals surface area (Å²) in [5.41, 5.74) is 8.31. The van der Waals surface area contributed by atoms with Crippen LogP contribution in [0.5, 0.6) is 5.75 Å². The molecule has 0 atom stereocenters. The molecule has 1 nitrogen and oxygen atoms in total. The topological polar surface area (TPSA) is 9.23 Å². The fraction of sp³-hybridized carbons (Fsp3) is 0.400. The minimum atomic E-state index is -1.34. The van der Waals surface area contributed by atoms with Crippen LogP contribution in [-0.2, 0) is 0 Å². The predicted molar refractivity (Wildman–Crippen MR) is 109 cm³/mol. The molecular formula is C20H30OSi2. The summed E-state index contributed by atoms with van der Waals surface area (Å²) < 4.78 is 5.25.